The lowest BCUT2D eigenvalue weighted by Crippen LogP contribution is -2.53. The number of likely N-dealkylation sites (N-methyl/N-ethyl adjacent to an activating group) is 2. The second-order valence-electron chi connectivity index (χ2n) is 5.26. The highest BCUT2D eigenvalue weighted by atomic mass is 79.9. The van der Waals surface area contributed by atoms with Crippen molar-refractivity contribution >= 4 is 27.5 Å². The maximum Gasteiger partial charge on any atom is 0.0451 e. The summed E-state index contributed by atoms with van der Waals surface area (Å²) in [5.41, 5.74) is 1.14. The minimum atomic E-state index is 0.574. The molecular weight excluding hydrogens is 326 g/mol. The molecule has 1 saturated heterocycles. The van der Waals surface area contributed by atoms with Crippen LogP contribution in [0.15, 0.2) is 22.7 Å². The zero-order chi connectivity index (χ0) is 13.8. The van der Waals surface area contributed by atoms with Gasteiger partial charge < -0.3 is 10.2 Å². The summed E-state index contributed by atoms with van der Waals surface area (Å²) in [7, 11) is 4.39. The Labute approximate surface area is 129 Å². The molecule has 0 saturated carbocycles. The quantitative estimate of drug-likeness (QED) is 0.903. The van der Waals surface area contributed by atoms with Gasteiger partial charge in [0.15, 0.2) is 0 Å². The number of benzene rings is 1. The van der Waals surface area contributed by atoms with E-state index in [4.69, 9.17) is 11.6 Å². The molecule has 1 aromatic carbocycles. The van der Waals surface area contributed by atoms with Crippen molar-refractivity contribution in [1.82, 2.24) is 15.1 Å². The Morgan fingerprint density at radius 2 is 2.16 bits per heavy atom. The van der Waals surface area contributed by atoms with Gasteiger partial charge in [-0.2, -0.15) is 0 Å². The zero-order valence-electron chi connectivity index (χ0n) is 11.5. The van der Waals surface area contributed by atoms with Crippen LogP contribution in [0.2, 0.25) is 5.02 Å². The average Bonchev–Trinajstić information content (AvgIpc) is 2.38. The molecular formula is C14H21BrClN3. The first-order chi connectivity index (χ1) is 9.06. The summed E-state index contributed by atoms with van der Waals surface area (Å²) in [4.78, 5) is 4.81. The molecule has 0 radical (unpaired) electrons. The van der Waals surface area contributed by atoms with Crippen LogP contribution >= 0.6 is 27.5 Å². The smallest absolute Gasteiger partial charge is 0.0451 e. The fourth-order valence-electron chi connectivity index (χ4n) is 2.37. The van der Waals surface area contributed by atoms with Crippen molar-refractivity contribution in [1.29, 1.82) is 0 Å². The van der Waals surface area contributed by atoms with Crippen molar-refractivity contribution in [2.75, 3.05) is 40.3 Å². The van der Waals surface area contributed by atoms with E-state index in [1.165, 1.54) is 0 Å². The number of nitrogens with one attached hydrogen (secondary N) is 1. The number of halogens is 2. The average molecular weight is 347 g/mol. The minimum Gasteiger partial charge on any atom is -0.311 e. The lowest BCUT2D eigenvalue weighted by molar-refractivity contribution is 0.113. The summed E-state index contributed by atoms with van der Waals surface area (Å²) < 4.78 is 1.07. The van der Waals surface area contributed by atoms with Gasteiger partial charge in [-0.15, -0.1) is 0 Å². The third-order valence-electron chi connectivity index (χ3n) is 3.68. The van der Waals surface area contributed by atoms with Gasteiger partial charge in [-0.25, -0.2) is 0 Å². The Kier molecular flexibility index (Phi) is 5.66. The Morgan fingerprint density at radius 3 is 2.95 bits per heavy atom. The van der Waals surface area contributed by atoms with E-state index in [1.54, 1.807) is 0 Å². The third kappa shape index (κ3) is 4.43. The van der Waals surface area contributed by atoms with E-state index in [0.717, 1.165) is 47.8 Å². The molecule has 1 fully saturated rings. The van der Waals surface area contributed by atoms with E-state index in [0.29, 0.717) is 6.04 Å². The van der Waals surface area contributed by atoms with Gasteiger partial charge in [0, 0.05) is 48.3 Å². The van der Waals surface area contributed by atoms with E-state index < -0.39 is 0 Å². The van der Waals surface area contributed by atoms with Crippen molar-refractivity contribution in [2.24, 2.45) is 0 Å². The highest BCUT2D eigenvalue weighted by Gasteiger charge is 2.21. The number of nitrogens with zero attached hydrogens (tertiary/aromatic N) is 2. The van der Waals surface area contributed by atoms with E-state index in [9.17, 15) is 0 Å². The molecule has 1 aliphatic rings. The SMILES string of the molecule is CN1CCN(C)C(CNCc2cc(Br)ccc2Cl)C1. The van der Waals surface area contributed by atoms with Crippen LogP contribution in [-0.4, -0.2) is 56.1 Å². The molecule has 0 aromatic heterocycles. The summed E-state index contributed by atoms with van der Waals surface area (Å²) in [6, 6.07) is 6.55. The molecule has 0 aliphatic carbocycles. The van der Waals surface area contributed by atoms with Crippen LogP contribution in [0.3, 0.4) is 0 Å². The molecule has 3 nitrogen and oxygen atoms in total. The maximum absolute atomic E-state index is 6.19. The predicted octanol–water partition coefficient (Wildman–Crippen LogP) is 2.44. The van der Waals surface area contributed by atoms with Gasteiger partial charge in [-0.1, -0.05) is 27.5 Å². The normalized spacial score (nSPS) is 21.8. The van der Waals surface area contributed by atoms with Crippen molar-refractivity contribution < 1.29 is 0 Å². The number of hydrogen-bond donors (Lipinski definition) is 1. The molecule has 0 bridgehead atoms. The third-order valence-corrected chi connectivity index (χ3v) is 4.55. The monoisotopic (exact) mass is 345 g/mol. The van der Waals surface area contributed by atoms with Gasteiger partial charge in [-0.3, -0.25) is 4.90 Å². The van der Waals surface area contributed by atoms with Gasteiger partial charge in [0.1, 0.15) is 0 Å². The van der Waals surface area contributed by atoms with E-state index in [2.05, 4.69) is 51.2 Å². The Balaban J connectivity index is 1.84. The summed E-state index contributed by atoms with van der Waals surface area (Å²) in [5, 5.41) is 4.34. The van der Waals surface area contributed by atoms with E-state index >= 15 is 0 Å². The lowest BCUT2D eigenvalue weighted by Gasteiger charge is -2.37. The molecule has 2 rings (SSSR count). The molecule has 1 heterocycles. The summed E-state index contributed by atoms with van der Waals surface area (Å²) in [6.07, 6.45) is 0. The molecule has 106 valence electrons. The highest BCUT2D eigenvalue weighted by molar-refractivity contribution is 9.10. The van der Waals surface area contributed by atoms with Crippen LogP contribution < -0.4 is 5.32 Å². The van der Waals surface area contributed by atoms with Crippen molar-refractivity contribution in [3.63, 3.8) is 0 Å². The molecule has 1 aliphatic heterocycles. The second-order valence-corrected chi connectivity index (χ2v) is 6.59. The summed E-state index contributed by atoms with van der Waals surface area (Å²) in [6.45, 7) is 5.22. The summed E-state index contributed by atoms with van der Waals surface area (Å²) in [5.74, 6) is 0. The van der Waals surface area contributed by atoms with Crippen LogP contribution in [0.5, 0.6) is 0 Å². The summed E-state index contributed by atoms with van der Waals surface area (Å²) >= 11 is 9.67. The molecule has 1 unspecified atom stereocenters. The molecule has 5 heteroatoms. The molecule has 1 atom stereocenters. The van der Waals surface area contributed by atoms with Crippen LogP contribution in [0.4, 0.5) is 0 Å². The molecule has 1 aromatic rings. The fraction of sp³-hybridized carbons (Fsp3) is 0.571. The van der Waals surface area contributed by atoms with Gasteiger partial charge in [0.25, 0.3) is 0 Å². The van der Waals surface area contributed by atoms with E-state index in [1.807, 2.05) is 12.1 Å². The maximum atomic E-state index is 6.19. The molecule has 0 spiro atoms. The van der Waals surface area contributed by atoms with Crippen molar-refractivity contribution in [3.8, 4) is 0 Å². The largest absolute Gasteiger partial charge is 0.311 e. The van der Waals surface area contributed by atoms with Crippen LogP contribution in [0, 0.1) is 0 Å². The first-order valence-corrected chi connectivity index (χ1v) is 7.77. The number of piperazine rings is 1. The standard InChI is InChI=1S/C14H21BrClN3/c1-18-5-6-19(2)13(10-18)9-17-8-11-7-12(15)3-4-14(11)16/h3-4,7,13,17H,5-6,8-10H2,1-2H3. The molecule has 0 amide bonds. The molecule has 1 N–H and O–H groups in total. The van der Waals surface area contributed by atoms with Crippen LogP contribution in [0.1, 0.15) is 5.56 Å². The fourth-order valence-corrected chi connectivity index (χ4v) is 2.97. The van der Waals surface area contributed by atoms with Crippen LogP contribution in [-0.2, 0) is 6.54 Å². The first kappa shape index (κ1) is 15.3. The predicted molar refractivity (Wildman–Crippen MR) is 84.8 cm³/mol. The van der Waals surface area contributed by atoms with Gasteiger partial charge in [-0.05, 0) is 37.9 Å². The number of hydrogen-bond acceptors (Lipinski definition) is 3. The first-order valence-electron chi connectivity index (χ1n) is 6.59. The zero-order valence-corrected chi connectivity index (χ0v) is 13.8. The Hall–Kier alpha value is -0.130. The van der Waals surface area contributed by atoms with E-state index in [-0.39, 0.29) is 0 Å². The highest BCUT2D eigenvalue weighted by Crippen LogP contribution is 2.20. The second kappa shape index (κ2) is 7.04. The minimum absolute atomic E-state index is 0.574. The van der Waals surface area contributed by atoms with Gasteiger partial charge >= 0.3 is 0 Å². The van der Waals surface area contributed by atoms with Gasteiger partial charge in [0.2, 0.25) is 0 Å². The number of rotatable bonds is 4. The van der Waals surface area contributed by atoms with Crippen molar-refractivity contribution in [2.45, 2.75) is 12.6 Å². The lowest BCUT2D eigenvalue weighted by atomic mass is 10.1. The Morgan fingerprint density at radius 1 is 1.37 bits per heavy atom. The topological polar surface area (TPSA) is 18.5 Å². The molecule has 19 heavy (non-hydrogen) atoms. The Bertz CT molecular complexity index is 427. The van der Waals surface area contributed by atoms with Gasteiger partial charge in [0.05, 0.1) is 0 Å². The van der Waals surface area contributed by atoms with Crippen LogP contribution in [0.25, 0.3) is 0 Å². The van der Waals surface area contributed by atoms with Crippen molar-refractivity contribution in [3.05, 3.63) is 33.3 Å².